The van der Waals surface area contributed by atoms with Crippen LogP contribution in [0.1, 0.15) is 0 Å². The molecule has 0 atom stereocenters. The van der Waals surface area contributed by atoms with Crippen LogP contribution in [0.5, 0.6) is 0 Å². The minimum Gasteiger partial charge on any atom is -0.325 e. The first kappa shape index (κ1) is 20.0. The Morgan fingerprint density at radius 3 is 2.37 bits per heavy atom. The van der Waals surface area contributed by atoms with Gasteiger partial charge < -0.3 is 5.32 Å². The van der Waals surface area contributed by atoms with Gasteiger partial charge in [-0.2, -0.15) is 0 Å². The van der Waals surface area contributed by atoms with Crippen LogP contribution in [-0.2, 0) is 11.3 Å². The number of hydrogen-bond donors (Lipinski definition) is 1. The number of carbonyl (C=O) groups is 1. The minimum atomic E-state index is -0.936. The van der Waals surface area contributed by atoms with E-state index >= 15 is 0 Å². The lowest BCUT2D eigenvalue weighted by atomic mass is 10.3. The summed E-state index contributed by atoms with van der Waals surface area (Å²) >= 11 is 6.88. The Morgan fingerprint density at radius 2 is 1.70 bits per heavy atom. The second-order valence-corrected chi connectivity index (χ2v) is 7.68. The van der Waals surface area contributed by atoms with Crippen LogP contribution in [-0.4, -0.2) is 15.0 Å². The van der Waals surface area contributed by atoms with Crippen molar-refractivity contribution >= 4 is 44.7 Å². The van der Waals surface area contributed by atoms with Crippen molar-refractivity contribution in [1.29, 1.82) is 0 Å². The summed E-state index contributed by atoms with van der Waals surface area (Å²) < 4.78 is 29.3. The molecule has 6 nitrogen and oxygen atoms in total. The van der Waals surface area contributed by atoms with Crippen molar-refractivity contribution in [2.75, 3.05) is 5.32 Å². The number of nitrogens with zero attached hydrogens (tertiary/aromatic N) is 2. The third kappa shape index (κ3) is 3.77. The third-order valence-corrected chi connectivity index (χ3v) is 5.43. The summed E-state index contributed by atoms with van der Waals surface area (Å²) in [4.78, 5) is 38.4. The lowest BCUT2D eigenvalue weighted by Gasteiger charge is -2.13. The van der Waals surface area contributed by atoms with Gasteiger partial charge in [0.25, 0.3) is 5.56 Å². The number of fused-ring (bicyclic) bond motifs is 1. The Bertz CT molecular complexity index is 1370. The summed E-state index contributed by atoms with van der Waals surface area (Å²) in [5.41, 5.74) is -1.13. The van der Waals surface area contributed by atoms with Gasteiger partial charge in [0.15, 0.2) is 0 Å². The molecule has 0 saturated carbocycles. The smallest absolute Gasteiger partial charge is 0.325 e. The van der Waals surface area contributed by atoms with Gasteiger partial charge >= 0.3 is 5.69 Å². The number of benzene rings is 2. The van der Waals surface area contributed by atoms with E-state index in [0.29, 0.717) is 21.3 Å². The highest BCUT2D eigenvalue weighted by molar-refractivity contribution is 7.17. The third-order valence-electron chi connectivity index (χ3n) is 4.29. The summed E-state index contributed by atoms with van der Waals surface area (Å²) in [6.45, 7) is -0.410. The molecule has 0 fully saturated rings. The number of anilines is 1. The first-order chi connectivity index (χ1) is 14.3. The zero-order valence-electron chi connectivity index (χ0n) is 15.1. The summed E-state index contributed by atoms with van der Waals surface area (Å²) in [6.07, 6.45) is 0. The lowest BCUT2D eigenvalue weighted by Crippen LogP contribution is -2.40. The largest absolute Gasteiger partial charge is 0.336 e. The molecule has 0 radical (unpaired) electrons. The van der Waals surface area contributed by atoms with Crippen LogP contribution in [0.4, 0.5) is 14.5 Å². The van der Waals surface area contributed by atoms with E-state index in [0.717, 1.165) is 28.0 Å². The van der Waals surface area contributed by atoms with Crippen LogP contribution in [0.25, 0.3) is 15.9 Å². The Hall–Kier alpha value is -3.30. The van der Waals surface area contributed by atoms with Gasteiger partial charge in [-0.1, -0.05) is 11.6 Å². The van der Waals surface area contributed by atoms with Crippen LogP contribution >= 0.6 is 22.9 Å². The molecule has 0 bridgehead atoms. The molecular formula is C20H12ClF2N3O3S. The van der Waals surface area contributed by atoms with Crippen molar-refractivity contribution < 1.29 is 13.6 Å². The molecule has 30 heavy (non-hydrogen) atoms. The summed E-state index contributed by atoms with van der Waals surface area (Å²) in [5.74, 6) is -2.40. The molecule has 152 valence electrons. The molecular weight excluding hydrogens is 436 g/mol. The van der Waals surface area contributed by atoms with Crippen LogP contribution in [0, 0.1) is 11.6 Å². The fourth-order valence-electron chi connectivity index (χ4n) is 3.01. The maximum Gasteiger partial charge on any atom is 0.336 e. The highest BCUT2D eigenvalue weighted by Crippen LogP contribution is 2.18. The molecule has 4 aromatic rings. The molecule has 4 rings (SSSR count). The monoisotopic (exact) mass is 447 g/mol. The van der Waals surface area contributed by atoms with Gasteiger partial charge in [-0.25, -0.2) is 18.1 Å². The van der Waals surface area contributed by atoms with E-state index in [1.807, 2.05) is 0 Å². The molecule has 10 heteroatoms. The van der Waals surface area contributed by atoms with E-state index in [1.165, 1.54) is 6.07 Å². The standard InChI is InChI=1S/C20H12ClF2N3O3S/c21-11-1-3-14(4-2-11)24-17(27)10-25-16-5-6-30-18(16)19(28)26(20(25)29)15-8-12(22)7-13(23)9-15/h1-9H,10H2,(H,24,27). The molecule has 1 N–H and O–H groups in total. The van der Waals surface area contributed by atoms with Crippen LogP contribution < -0.4 is 16.6 Å². The van der Waals surface area contributed by atoms with E-state index in [9.17, 15) is 23.2 Å². The van der Waals surface area contributed by atoms with Gasteiger partial charge in [-0.3, -0.25) is 14.2 Å². The predicted octanol–water partition coefficient (Wildman–Crippen LogP) is 3.78. The average Bonchev–Trinajstić information content (AvgIpc) is 3.16. The molecule has 0 aliphatic heterocycles. The minimum absolute atomic E-state index is 0.179. The number of rotatable bonds is 4. The topological polar surface area (TPSA) is 73.1 Å². The first-order valence-electron chi connectivity index (χ1n) is 8.58. The Kier molecular flexibility index (Phi) is 5.23. The second kappa shape index (κ2) is 7.85. The maximum atomic E-state index is 13.7. The second-order valence-electron chi connectivity index (χ2n) is 6.33. The highest BCUT2D eigenvalue weighted by Gasteiger charge is 2.18. The van der Waals surface area contributed by atoms with Gasteiger partial charge in [-0.15, -0.1) is 11.3 Å². The van der Waals surface area contributed by atoms with Crippen LogP contribution in [0.15, 0.2) is 63.5 Å². The maximum absolute atomic E-state index is 13.7. The van der Waals surface area contributed by atoms with Crippen molar-refractivity contribution in [3.8, 4) is 5.69 Å². The quantitative estimate of drug-likeness (QED) is 0.517. The van der Waals surface area contributed by atoms with Crippen molar-refractivity contribution in [2.45, 2.75) is 6.54 Å². The van der Waals surface area contributed by atoms with Crippen molar-refractivity contribution in [3.05, 3.63) is 91.4 Å². The number of thiophene rings is 1. The summed E-state index contributed by atoms with van der Waals surface area (Å²) in [7, 11) is 0. The predicted molar refractivity (Wildman–Crippen MR) is 112 cm³/mol. The number of carbonyl (C=O) groups excluding carboxylic acids is 1. The van der Waals surface area contributed by atoms with Crippen molar-refractivity contribution in [1.82, 2.24) is 9.13 Å². The van der Waals surface area contributed by atoms with E-state index < -0.39 is 35.3 Å². The molecule has 0 spiro atoms. The Labute approximate surface area is 176 Å². The molecule has 2 aromatic carbocycles. The molecule has 2 heterocycles. The fourth-order valence-corrected chi connectivity index (χ4v) is 3.96. The molecule has 0 unspecified atom stereocenters. The Morgan fingerprint density at radius 1 is 1.03 bits per heavy atom. The van der Waals surface area contributed by atoms with Crippen molar-refractivity contribution in [2.24, 2.45) is 0 Å². The average molecular weight is 448 g/mol. The first-order valence-corrected chi connectivity index (χ1v) is 9.84. The number of hydrogen-bond acceptors (Lipinski definition) is 4. The fraction of sp³-hybridized carbons (Fsp3) is 0.0500. The van der Waals surface area contributed by atoms with Gasteiger partial charge in [0, 0.05) is 16.8 Å². The molecule has 0 aliphatic carbocycles. The van der Waals surface area contributed by atoms with E-state index in [-0.39, 0.29) is 15.9 Å². The molecule has 0 saturated heterocycles. The van der Waals surface area contributed by atoms with Crippen LogP contribution in [0.2, 0.25) is 5.02 Å². The zero-order valence-corrected chi connectivity index (χ0v) is 16.6. The molecule has 2 aromatic heterocycles. The summed E-state index contributed by atoms with van der Waals surface area (Å²) in [6, 6.07) is 10.3. The number of halogens is 3. The molecule has 1 amide bonds. The zero-order chi connectivity index (χ0) is 21.4. The van der Waals surface area contributed by atoms with Crippen LogP contribution in [0.3, 0.4) is 0 Å². The lowest BCUT2D eigenvalue weighted by molar-refractivity contribution is -0.116. The van der Waals surface area contributed by atoms with Crippen molar-refractivity contribution in [3.63, 3.8) is 0 Å². The highest BCUT2D eigenvalue weighted by atomic mass is 35.5. The Balaban J connectivity index is 1.81. The number of aromatic nitrogens is 2. The van der Waals surface area contributed by atoms with E-state index in [2.05, 4.69) is 5.32 Å². The van der Waals surface area contributed by atoms with Gasteiger partial charge in [-0.05, 0) is 47.8 Å². The number of nitrogens with one attached hydrogen (secondary N) is 1. The normalized spacial score (nSPS) is 11.0. The SMILES string of the molecule is O=C(Cn1c(=O)n(-c2cc(F)cc(F)c2)c(=O)c2sccc21)Nc1ccc(Cl)cc1. The summed E-state index contributed by atoms with van der Waals surface area (Å²) in [5, 5.41) is 4.72. The van der Waals surface area contributed by atoms with Gasteiger partial charge in [0.2, 0.25) is 5.91 Å². The molecule has 0 aliphatic rings. The van der Waals surface area contributed by atoms with E-state index in [1.54, 1.807) is 29.6 Å². The van der Waals surface area contributed by atoms with Gasteiger partial charge in [0.1, 0.15) is 22.9 Å². The van der Waals surface area contributed by atoms with E-state index in [4.69, 9.17) is 11.6 Å². The number of amides is 1. The van der Waals surface area contributed by atoms with Gasteiger partial charge in [0.05, 0.1) is 11.2 Å².